The highest BCUT2D eigenvalue weighted by atomic mass is 16.5. The van der Waals surface area contributed by atoms with Gasteiger partial charge in [-0.15, -0.1) is 0 Å². The number of aryl methyl sites for hydroxylation is 1. The molecular formula is C20H22N2O4. The Morgan fingerprint density at radius 3 is 2.77 bits per heavy atom. The van der Waals surface area contributed by atoms with Gasteiger partial charge >= 0.3 is 5.97 Å². The molecule has 1 fully saturated rings. The molecule has 136 valence electrons. The predicted octanol–water partition coefficient (Wildman–Crippen LogP) is 2.82. The zero-order valence-electron chi connectivity index (χ0n) is 14.9. The number of nitrogens with one attached hydrogen (secondary N) is 1. The van der Waals surface area contributed by atoms with Crippen LogP contribution >= 0.6 is 0 Å². The number of methoxy groups -OCH3 is 1. The number of hydrogen-bond donors (Lipinski definition) is 1. The second-order valence-corrected chi connectivity index (χ2v) is 6.48. The molecule has 6 nitrogen and oxygen atoms in total. The predicted molar refractivity (Wildman–Crippen MR) is 95.9 cm³/mol. The third kappa shape index (κ3) is 4.59. The van der Waals surface area contributed by atoms with Gasteiger partial charge in [-0.25, -0.2) is 9.78 Å². The summed E-state index contributed by atoms with van der Waals surface area (Å²) in [6.07, 6.45) is 3.88. The summed E-state index contributed by atoms with van der Waals surface area (Å²) < 4.78 is 10.5. The van der Waals surface area contributed by atoms with Gasteiger partial charge in [0.15, 0.2) is 6.04 Å². The van der Waals surface area contributed by atoms with Crippen molar-refractivity contribution in [3.05, 3.63) is 59.3 Å². The first-order valence-electron chi connectivity index (χ1n) is 8.61. The van der Waals surface area contributed by atoms with E-state index in [1.165, 1.54) is 26.1 Å². The molecular weight excluding hydrogens is 332 g/mol. The fourth-order valence-electron chi connectivity index (χ4n) is 2.58. The number of esters is 1. The smallest absolute Gasteiger partial charge is 0.333 e. The number of carbonyl (C=O) groups excluding carboxylic acids is 2. The van der Waals surface area contributed by atoms with Crippen molar-refractivity contribution in [1.29, 1.82) is 0 Å². The second kappa shape index (κ2) is 7.99. The van der Waals surface area contributed by atoms with Gasteiger partial charge in [0.2, 0.25) is 5.88 Å². The number of nitrogens with zero attached hydrogens (tertiary/aromatic N) is 1. The fraction of sp³-hybridized carbons (Fsp3) is 0.350. The first kappa shape index (κ1) is 17.9. The van der Waals surface area contributed by atoms with Gasteiger partial charge in [-0.2, -0.15) is 0 Å². The highest BCUT2D eigenvalue weighted by Gasteiger charge is 2.25. The quantitative estimate of drug-likeness (QED) is 0.774. The normalized spacial score (nSPS) is 14.4. The van der Waals surface area contributed by atoms with Gasteiger partial charge in [0, 0.05) is 17.8 Å². The minimum absolute atomic E-state index is 0.382. The monoisotopic (exact) mass is 354 g/mol. The van der Waals surface area contributed by atoms with Gasteiger partial charge in [0.05, 0.1) is 13.7 Å². The Morgan fingerprint density at radius 1 is 1.27 bits per heavy atom. The molecule has 1 aromatic carbocycles. The third-order valence-corrected chi connectivity index (χ3v) is 4.25. The zero-order valence-corrected chi connectivity index (χ0v) is 14.9. The Bertz CT molecular complexity index is 802. The first-order chi connectivity index (χ1) is 12.6. The number of ether oxygens (including phenoxy) is 2. The molecule has 0 unspecified atom stereocenters. The van der Waals surface area contributed by atoms with Crippen LogP contribution in [-0.2, 0) is 9.53 Å². The van der Waals surface area contributed by atoms with Crippen LogP contribution in [0.15, 0.2) is 42.6 Å². The molecule has 1 aliphatic rings. The van der Waals surface area contributed by atoms with E-state index < -0.39 is 12.0 Å². The molecule has 2 aromatic rings. The van der Waals surface area contributed by atoms with Gasteiger partial charge in [-0.1, -0.05) is 29.8 Å². The lowest BCUT2D eigenvalue weighted by molar-refractivity contribution is -0.143. The molecule has 0 bridgehead atoms. The van der Waals surface area contributed by atoms with E-state index in [9.17, 15) is 9.59 Å². The van der Waals surface area contributed by atoms with Crippen molar-refractivity contribution in [1.82, 2.24) is 10.3 Å². The van der Waals surface area contributed by atoms with Crippen LogP contribution in [-0.4, -0.2) is 30.6 Å². The highest BCUT2D eigenvalue weighted by Crippen LogP contribution is 2.29. The topological polar surface area (TPSA) is 77.5 Å². The molecule has 0 spiro atoms. The van der Waals surface area contributed by atoms with Crippen molar-refractivity contribution in [2.75, 3.05) is 13.7 Å². The largest absolute Gasteiger partial charge is 0.477 e. The average molecular weight is 354 g/mol. The van der Waals surface area contributed by atoms with Gasteiger partial charge in [0.25, 0.3) is 5.91 Å². The summed E-state index contributed by atoms with van der Waals surface area (Å²) in [5.41, 5.74) is 2.04. The number of rotatable bonds is 7. The lowest BCUT2D eigenvalue weighted by Gasteiger charge is -2.17. The van der Waals surface area contributed by atoms with E-state index in [4.69, 9.17) is 9.47 Å². The second-order valence-electron chi connectivity index (χ2n) is 6.48. The van der Waals surface area contributed by atoms with Crippen molar-refractivity contribution in [3.8, 4) is 5.88 Å². The molecule has 3 rings (SSSR count). The van der Waals surface area contributed by atoms with Crippen LogP contribution in [0.3, 0.4) is 0 Å². The Balaban J connectivity index is 1.74. The molecule has 0 aliphatic heterocycles. The molecule has 6 heteroatoms. The number of aromatic nitrogens is 1. The van der Waals surface area contributed by atoms with E-state index in [-0.39, 0.29) is 5.91 Å². The van der Waals surface area contributed by atoms with Crippen LogP contribution in [0, 0.1) is 12.8 Å². The number of amides is 1. The van der Waals surface area contributed by atoms with E-state index in [0.29, 0.717) is 29.5 Å². The molecule has 1 aromatic heterocycles. The minimum atomic E-state index is -0.878. The Morgan fingerprint density at radius 2 is 2.08 bits per heavy atom. The van der Waals surface area contributed by atoms with Gasteiger partial charge < -0.3 is 14.8 Å². The standard InChI is InChI=1S/C20H22N2O4/c1-13-4-3-5-15(10-13)18(20(24)25-2)22-19(23)16-8-9-21-17(11-16)26-12-14-6-7-14/h3-5,8-11,14,18H,6-7,12H2,1-2H3,(H,22,23)/t18-/m0/s1. The van der Waals surface area contributed by atoms with Crippen molar-refractivity contribution < 1.29 is 19.1 Å². The lowest BCUT2D eigenvalue weighted by Crippen LogP contribution is -2.34. The van der Waals surface area contributed by atoms with Crippen LogP contribution in [0.2, 0.25) is 0 Å². The average Bonchev–Trinajstić information content (AvgIpc) is 3.48. The van der Waals surface area contributed by atoms with E-state index in [1.807, 2.05) is 25.1 Å². The number of hydrogen-bond acceptors (Lipinski definition) is 5. The molecule has 1 N–H and O–H groups in total. The molecule has 1 amide bonds. The van der Waals surface area contributed by atoms with Crippen LogP contribution in [0.1, 0.15) is 40.4 Å². The number of benzene rings is 1. The Kier molecular flexibility index (Phi) is 5.51. The van der Waals surface area contributed by atoms with Crippen LogP contribution in [0.4, 0.5) is 0 Å². The SMILES string of the molecule is COC(=O)[C@@H](NC(=O)c1ccnc(OCC2CC2)c1)c1cccc(C)c1. The Hall–Kier alpha value is -2.89. The maximum atomic E-state index is 12.6. The minimum Gasteiger partial charge on any atom is -0.477 e. The van der Waals surface area contributed by atoms with Crippen LogP contribution < -0.4 is 10.1 Å². The summed E-state index contributed by atoms with van der Waals surface area (Å²) >= 11 is 0. The maximum Gasteiger partial charge on any atom is 0.333 e. The van der Waals surface area contributed by atoms with Crippen LogP contribution in [0.25, 0.3) is 0 Å². The Labute approximate surface area is 152 Å². The molecule has 26 heavy (non-hydrogen) atoms. The number of pyridine rings is 1. The first-order valence-corrected chi connectivity index (χ1v) is 8.61. The van der Waals surface area contributed by atoms with Crippen molar-refractivity contribution >= 4 is 11.9 Å². The summed E-state index contributed by atoms with van der Waals surface area (Å²) in [7, 11) is 1.30. The maximum absolute atomic E-state index is 12.6. The van der Waals surface area contributed by atoms with Crippen molar-refractivity contribution in [3.63, 3.8) is 0 Å². The molecule has 0 saturated heterocycles. The van der Waals surface area contributed by atoms with E-state index >= 15 is 0 Å². The van der Waals surface area contributed by atoms with Crippen LogP contribution in [0.5, 0.6) is 5.88 Å². The summed E-state index contributed by atoms with van der Waals surface area (Å²) in [4.78, 5) is 28.9. The zero-order chi connectivity index (χ0) is 18.5. The van der Waals surface area contributed by atoms with Gasteiger partial charge in [-0.3, -0.25) is 4.79 Å². The summed E-state index contributed by atoms with van der Waals surface area (Å²) in [5.74, 6) is 0.0952. The molecule has 1 aliphatic carbocycles. The highest BCUT2D eigenvalue weighted by molar-refractivity contribution is 5.97. The molecule has 1 heterocycles. The summed E-state index contributed by atoms with van der Waals surface area (Å²) in [6, 6.07) is 9.68. The molecule has 1 saturated carbocycles. The van der Waals surface area contributed by atoms with Gasteiger partial charge in [0.1, 0.15) is 0 Å². The van der Waals surface area contributed by atoms with Crippen molar-refractivity contribution in [2.45, 2.75) is 25.8 Å². The lowest BCUT2D eigenvalue weighted by atomic mass is 10.0. The van der Waals surface area contributed by atoms with E-state index in [0.717, 1.165) is 5.56 Å². The summed E-state index contributed by atoms with van der Waals surface area (Å²) in [5, 5.41) is 2.74. The molecule has 0 radical (unpaired) electrons. The number of carbonyl (C=O) groups is 2. The van der Waals surface area contributed by atoms with E-state index in [2.05, 4.69) is 10.3 Å². The molecule has 1 atom stereocenters. The fourth-order valence-corrected chi connectivity index (χ4v) is 2.58. The third-order valence-electron chi connectivity index (χ3n) is 4.25. The summed E-state index contributed by atoms with van der Waals surface area (Å²) in [6.45, 7) is 2.54. The van der Waals surface area contributed by atoms with E-state index in [1.54, 1.807) is 18.2 Å². The van der Waals surface area contributed by atoms with Crippen molar-refractivity contribution in [2.24, 2.45) is 5.92 Å². The van der Waals surface area contributed by atoms with Gasteiger partial charge in [-0.05, 0) is 37.3 Å².